The largest absolute Gasteiger partial charge is 0.492 e. The minimum atomic E-state index is -0.991. The topological polar surface area (TPSA) is 91.3 Å². The van der Waals surface area contributed by atoms with Gasteiger partial charge < -0.3 is 14.6 Å². The molecule has 2 heterocycles. The zero-order valence-corrected chi connectivity index (χ0v) is 24.7. The molecule has 3 aromatic rings. The van der Waals surface area contributed by atoms with Crippen molar-refractivity contribution in [1.82, 2.24) is 15.3 Å². The Morgan fingerprint density at radius 3 is 2.49 bits per heavy atom. The predicted octanol–water partition coefficient (Wildman–Crippen LogP) is 4.99. The number of morpholine rings is 1. The third-order valence-electron chi connectivity index (χ3n) is 7.00. The summed E-state index contributed by atoms with van der Waals surface area (Å²) >= 11 is 6.61. The van der Waals surface area contributed by atoms with E-state index in [1.807, 2.05) is 0 Å². The highest BCUT2D eigenvalue weighted by atomic mass is 32.2. The second kappa shape index (κ2) is 14.2. The molecular weight excluding hydrogens is 596 g/mol. The molecule has 43 heavy (non-hydrogen) atoms. The van der Waals surface area contributed by atoms with Crippen LogP contribution >= 0.6 is 24.0 Å². The van der Waals surface area contributed by atoms with E-state index in [9.17, 15) is 18.4 Å². The predicted molar refractivity (Wildman–Crippen MR) is 165 cm³/mol. The van der Waals surface area contributed by atoms with Crippen molar-refractivity contribution in [3.8, 4) is 16.9 Å². The molecule has 2 N–H and O–H groups in total. The molecule has 0 atom stereocenters. The van der Waals surface area contributed by atoms with Crippen LogP contribution in [0.15, 0.2) is 65.6 Å². The van der Waals surface area contributed by atoms with Gasteiger partial charge in [-0.05, 0) is 65.6 Å². The van der Waals surface area contributed by atoms with Crippen LogP contribution < -0.4 is 10.2 Å². The fraction of sp³-hybridized carbons (Fsp3) is 0.258. The Bertz CT molecular complexity index is 1540. The molecule has 2 fully saturated rings. The normalized spacial score (nSPS) is 16.7. The van der Waals surface area contributed by atoms with Crippen LogP contribution in [0.3, 0.4) is 0 Å². The lowest BCUT2D eigenvalue weighted by molar-refractivity contribution is -0.124. The van der Waals surface area contributed by atoms with Gasteiger partial charge in [-0.25, -0.2) is 24.0 Å². The lowest BCUT2D eigenvalue weighted by Gasteiger charge is -2.26. The Morgan fingerprint density at radius 1 is 1.05 bits per heavy atom. The number of rotatable bonds is 11. The third kappa shape index (κ3) is 7.84. The molecule has 0 aliphatic carbocycles. The van der Waals surface area contributed by atoms with E-state index >= 15 is 0 Å². The molecule has 3 aromatic carbocycles. The van der Waals surface area contributed by atoms with E-state index in [1.54, 1.807) is 36.4 Å². The first-order chi connectivity index (χ1) is 20.8. The maximum atomic E-state index is 14.0. The molecule has 2 saturated heterocycles. The number of nitrogens with zero attached hydrogens (tertiary/aromatic N) is 2. The number of hydrogen-bond acceptors (Lipinski definition) is 8. The fourth-order valence-corrected chi connectivity index (χ4v) is 5.84. The molecule has 5 rings (SSSR count). The number of ether oxygens (including phenoxy) is 2. The number of aromatic carboxylic acids is 1. The summed E-state index contributed by atoms with van der Waals surface area (Å²) in [5.74, 6) is -2.65. The van der Waals surface area contributed by atoms with Crippen LogP contribution in [0.25, 0.3) is 17.2 Å². The number of carbonyl (C=O) groups is 2. The van der Waals surface area contributed by atoms with Crippen LogP contribution in [0.1, 0.15) is 21.5 Å². The maximum absolute atomic E-state index is 14.0. The van der Waals surface area contributed by atoms with Crippen molar-refractivity contribution in [2.24, 2.45) is 0 Å². The lowest BCUT2D eigenvalue weighted by atomic mass is 10.0. The summed E-state index contributed by atoms with van der Waals surface area (Å²) in [6.45, 7) is 4.54. The Morgan fingerprint density at radius 2 is 1.77 bits per heavy atom. The van der Waals surface area contributed by atoms with Gasteiger partial charge in [0.15, 0.2) is 16.0 Å². The quantitative estimate of drug-likeness (QED) is 0.226. The molecule has 2 aliphatic heterocycles. The molecule has 0 spiro atoms. The van der Waals surface area contributed by atoms with Crippen molar-refractivity contribution in [2.45, 2.75) is 6.42 Å². The van der Waals surface area contributed by atoms with Gasteiger partial charge in [-0.2, -0.15) is 0 Å². The van der Waals surface area contributed by atoms with Gasteiger partial charge in [-0.15, -0.1) is 0 Å². The number of thiocarbonyl (C=S) groups is 1. The van der Waals surface area contributed by atoms with Crippen molar-refractivity contribution in [3.05, 3.63) is 93.9 Å². The summed E-state index contributed by atoms with van der Waals surface area (Å²) in [7, 11) is 0. The fourth-order valence-electron chi connectivity index (χ4n) is 4.63. The molecular formula is C31H29F2N3O5S2. The average molecular weight is 626 g/mol. The van der Waals surface area contributed by atoms with Crippen LogP contribution in [0.4, 0.5) is 8.78 Å². The van der Waals surface area contributed by atoms with E-state index in [1.165, 1.54) is 23.2 Å². The minimum absolute atomic E-state index is 0.205. The molecule has 2 aliphatic rings. The molecule has 0 radical (unpaired) electrons. The second-order valence-corrected chi connectivity index (χ2v) is 11.5. The van der Waals surface area contributed by atoms with Gasteiger partial charge in [-0.3, -0.25) is 9.69 Å². The van der Waals surface area contributed by atoms with E-state index in [2.05, 4.69) is 10.3 Å². The molecule has 0 saturated carbocycles. The molecule has 0 unspecified atom stereocenters. The summed E-state index contributed by atoms with van der Waals surface area (Å²) < 4.78 is 39.4. The SMILES string of the molecule is O=C(O)c1ccc(CCNN2C(=O)C(=Cc3cc(-c4ccc(F)c(F)c4)ccc3OCCN3CCOCC3)SC2=S)cc1. The Kier molecular flexibility index (Phi) is 10.2. The van der Waals surface area contributed by atoms with E-state index in [0.717, 1.165) is 42.5 Å². The number of halogens is 2. The summed E-state index contributed by atoms with van der Waals surface area (Å²) in [6, 6.07) is 15.5. The zero-order valence-electron chi connectivity index (χ0n) is 23.1. The Hall–Kier alpha value is -3.68. The number of thioether (sulfide) groups is 1. The van der Waals surface area contributed by atoms with E-state index in [0.29, 0.717) is 71.0 Å². The Labute approximate surface area is 257 Å². The number of benzene rings is 3. The van der Waals surface area contributed by atoms with Gasteiger partial charge in [0.05, 0.1) is 23.7 Å². The van der Waals surface area contributed by atoms with Crippen LogP contribution in [0.2, 0.25) is 0 Å². The standard InChI is InChI=1S/C31H29F2N3O5S2/c32-25-7-5-23(18-26(25)33)22-6-8-27(41-16-13-35-11-14-40-15-12-35)24(17-22)19-28-29(37)36(31(42)43-28)34-10-9-20-1-3-21(4-2-20)30(38)39/h1-8,17-19,34H,9-16H2,(H,38,39). The van der Waals surface area contributed by atoms with Gasteiger partial charge in [0.1, 0.15) is 12.4 Å². The van der Waals surface area contributed by atoms with Crippen molar-refractivity contribution in [2.75, 3.05) is 46.0 Å². The highest BCUT2D eigenvalue weighted by molar-refractivity contribution is 8.26. The number of hydrazine groups is 1. The summed E-state index contributed by atoms with van der Waals surface area (Å²) in [5.41, 5.74) is 5.89. The molecule has 0 aromatic heterocycles. The summed E-state index contributed by atoms with van der Waals surface area (Å²) in [5, 5.41) is 10.4. The molecule has 1 amide bonds. The van der Waals surface area contributed by atoms with Gasteiger partial charge in [0, 0.05) is 31.7 Å². The number of hydrogen-bond donors (Lipinski definition) is 2. The van der Waals surface area contributed by atoms with Crippen molar-refractivity contribution in [3.63, 3.8) is 0 Å². The average Bonchev–Trinajstić information content (AvgIpc) is 3.27. The summed E-state index contributed by atoms with van der Waals surface area (Å²) in [6.07, 6.45) is 2.24. The first kappa shape index (κ1) is 30.8. The highest BCUT2D eigenvalue weighted by Crippen LogP contribution is 2.35. The van der Waals surface area contributed by atoms with Gasteiger partial charge in [0.25, 0.3) is 5.91 Å². The zero-order chi connectivity index (χ0) is 30.3. The molecule has 8 nitrogen and oxygen atoms in total. The smallest absolute Gasteiger partial charge is 0.335 e. The van der Waals surface area contributed by atoms with Crippen molar-refractivity contribution >= 4 is 46.3 Å². The van der Waals surface area contributed by atoms with Gasteiger partial charge in [0.2, 0.25) is 0 Å². The highest BCUT2D eigenvalue weighted by Gasteiger charge is 2.32. The number of nitrogens with one attached hydrogen (secondary N) is 1. The first-order valence-corrected chi connectivity index (χ1v) is 14.9. The van der Waals surface area contributed by atoms with E-state index in [-0.39, 0.29) is 11.5 Å². The monoisotopic (exact) mass is 625 g/mol. The maximum Gasteiger partial charge on any atom is 0.335 e. The number of carbonyl (C=O) groups excluding carboxylic acids is 1. The van der Waals surface area contributed by atoms with Crippen LogP contribution in [-0.4, -0.2) is 77.2 Å². The second-order valence-electron chi connectivity index (χ2n) is 9.86. The molecule has 12 heteroatoms. The third-order valence-corrected chi connectivity index (χ3v) is 8.30. The van der Waals surface area contributed by atoms with Gasteiger partial charge >= 0.3 is 5.97 Å². The van der Waals surface area contributed by atoms with Crippen molar-refractivity contribution in [1.29, 1.82) is 0 Å². The van der Waals surface area contributed by atoms with Crippen LogP contribution in [-0.2, 0) is 16.0 Å². The van der Waals surface area contributed by atoms with Crippen molar-refractivity contribution < 1.29 is 33.0 Å². The Balaban J connectivity index is 1.31. The van der Waals surface area contributed by atoms with Crippen LogP contribution in [0.5, 0.6) is 5.75 Å². The first-order valence-electron chi connectivity index (χ1n) is 13.6. The number of amides is 1. The van der Waals surface area contributed by atoms with Gasteiger partial charge in [-0.1, -0.05) is 48.2 Å². The molecule has 0 bridgehead atoms. The number of carboxylic acids is 1. The van der Waals surface area contributed by atoms with E-state index < -0.39 is 17.6 Å². The summed E-state index contributed by atoms with van der Waals surface area (Å²) in [4.78, 5) is 27.0. The minimum Gasteiger partial charge on any atom is -0.492 e. The van der Waals surface area contributed by atoms with Crippen LogP contribution in [0, 0.1) is 11.6 Å². The number of carboxylic acid groups (broad SMARTS) is 1. The van der Waals surface area contributed by atoms with E-state index in [4.69, 9.17) is 26.8 Å². The lowest BCUT2D eigenvalue weighted by Crippen LogP contribution is -2.42. The molecule has 224 valence electrons.